The number of benzene rings is 2. The van der Waals surface area contributed by atoms with E-state index in [2.05, 4.69) is 53.6 Å². The summed E-state index contributed by atoms with van der Waals surface area (Å²) in [5.41, 5.74) is 3.16. The van der Waals surface area contributed by atoms with Gasteiger partial charge in [-0.05, 0) is 36.1 Å². The summed E-state index contributed by atoms with van der Waals surface area (Å²) in [6.45, 7) is 6.23. The fraction of sp³-hybridized carbons (Fsp3) is 0.348. The van der Waals surface area contributed by atoms with Gasteiger partial charge in [0.2, 0.25) is 5.91 Å². The van der Waals surface area contributed by atoms with Crippen molar-refractivity contribution in [1.82, 2.24) is 10.2 Å². The van der Waals surface area contributed by atoms with E-state index in [-0.39, 0.29) is 11.2 Å². The molecule has 0 aliphatic heterocycles. The number of nitrogens with zero attached hydrogens (tertiary/aromatic N) is 2. The van der Waals surface area contributed by atoms with Gasteiger partial charge >= 0.3 is 0 Å². The number of hydrogen-bond acceptors (Lipinski definition) is 8. The van der Waals surface area contributed by atoms with Crippen molar-refractivity contribution in [2.24, 2.45) is 0 Å². The predicted molar refractivity (Wildman–Crippen MR) is 133 cm³/mol. The predicted octanol–water partition coefficient (Wildman–Crippen LogP) is 6.09. The number of amides is 1. The maximum absolute atomic E-state index is 12.7. The first-order chi connectivity index (χ1) is 15.4. The molecule has 3 aromatic rings. The second kappa shape index (κ2) is 11.6. The monoisotopic (exact) mass is 489 g/mol. The summed E-state index contributed by atoms with van der Waals surface area (Å²) >= 11 is 4.55. The van der Waals surface area contributed by atoms with E-state index in [4.69, 9.17) is 9.47 Å². The van der Waals surface area contributed by atoms with Gasteiger partial charge in [-0.15, -0.1) is 10.2 Å². The van der Waals surface area contributed by atoms with Gasteiger partial charge in [0.25, 0.3) is 0 Å². The molecule has 0 saturated carbocycles. The minimum atomic E-state index is -0.347. The highest BCUT2D eigenvalue weighted by Gasteiger charge is 2.19. The molecular formula is C23H27N3O3S3. The van der Waals surface area contributed by atoms with E-state index in [0.717, 1.165) is 14.4 Å². The van der Waals surface area contributed by atoms with Crippen LogP contribution in [0.1, 0.15) is 37.8 Å². The average molecular weight is 490 g/mol. The van der Waals surface area contributed by atoms with Crippen LogP contribution in [0.4, 0.5) is 5.69 Å². The Morgan fingerprint density at radius 3 is 2.41 bits per heavy atom. The molecule has 1 amide bonds. The number of anilines is 1. The molecule has 1 heterocycles. The maximum Gasteiger partial charge on any atom is 0.237 e. The number of hydrogen-bond donors (Lipinski definition) is 1. The number of carbonyl (C=O) groups excluding carboxylic acids is 1. The zero-order valence-electron chi connectivity index (χ0n) is 18.7. The third-order valence-corrected chi connectivity index (χ3v) is 8.02. The molecule has 0 aliphatic carbocycles. The first-order valence-electron chi connectivity index (χ1n) is 10.1. The summed E-state index contributed by atoms with van der Waals surface area (Å²) in [7, 11) is 3.15. The molecule has 1 atom stereocenters. The number of aromatic nitrogens is 2. The Balaban J connectivity index is 1.55. The Morgan fingerprint density at radius 2 is 1.75 bits per heavy atom. The molecular weight excluding hydrogens is 462 g/mol. The van der Waals surface area contributed by atoms with Crippen molar-refractivity contribution < 1.29 is 14.3 Å². The van der Waals surface area contributed by atoms with Crippen LogP contribution in [0, 0.1) is 0 Å². The molecule has 0 spiro atoms. The minimum Gasteiger partial charge on any atom is -0.497 e. The van der Waals surface area contributed by atoms with Crippen molar-refractivity contribution in [3.8, 4) is 11.5 Å². The SMILES string of the molecule is COc1ccc(OC)c(NC(=O)C(C)Sc2nnc(SCc3ccc(C(C)C)cc3)s2)c1. The Bertz CT molecular complexity index is 1040. The number of carbonyl (C=O) groups is 1. The standard InChI is InChI=1S/C23H27N3O3S3/c1-14(2)17-8-6-16(7-9-17)13-30-22-25-26-23(32-22)31-15(3)21(27)24-19-12-18(28-4)10-11-20(19)29-5/h6-12,14-15H,13H2,1-5H3,(H,24,27). The maximum atomic E-state index is 12.7. The summed E-state index contributed by atoms with van der Waals surface area (Å²) < 4.78 is 12.2. The van der Waals surface area contributed by atoms with Gasteiger partial charge in [0.15, 0.2) is 8.68 Å². The van der Waals surface area contributed by atoms with Gasteiger partial charge in [0, 0.05) is 11.8 Å². The van der Waals surface area contributed by atoms with Gasteiger partial charge in [-0.2, -0.15) is 0 Å². The number of rotatable bonds is 10. The normalized spacial score (nSPS) is 11.9. The fourth-order valence-corrected chi connectivity index (χ4v) is 5.92. The van der Waals surface area contributed by atoms with Crippen molar-refractivity contribution in [2.45, 2.75) is 46.4 Å². The first kappa shape index (κ1) is 24.4. The summed E-state index contributed by atoms with van der Waals surface area (Å²) in [5, 5.41) is 11.1. The third kappa shape index (κ3) is 6.63. The van der Waals surface area contributed by atoms with E-state index < -0.39 is 0 Å². The van der Waals surface area contributed by atoms with E-state index in [0.29, 0.717) is 23.1 Å². The van der Waals surface area contributed by atoms with Gasteiger partial charge in [-0.3, -0.25) is 4.79 Å². The van der Waals surface area contributed by atoms with E-state index in [1.807, 2.05) is 6.92 Å². The lowest BCUT2D eigenvalue weighted by atomic mass is 10.0. The Labute approximate surface area is 201 Å². The number of nitrogens with one attached hydrogen (secondary N) is 1. The summed E-state index contributed by atoms with van der Waals surface area (Å²) in [6.07, 6.45) is 0. The molecule has 32 heavy (non-hydrogen) atoms. The van der Waals surface area contributed by atoms with E-state index in [1.54, 1.807) is 44.2 Å². The minimum absolute atomic E-state index is 0.142. The molecule has 0 aliphatic rings. The van der Waals surface area contributed by atoms with Gasteiger partial charge < -0.3 is 14.8 Å². The number of methoxy groups -OCH3 is 2. The molecule has 0 bridgehead atoms. The highest BCUT2D eigenvalue weighted by molar-refractivity contribution is 8.03. The van der Waals surface area contributed by atoms with Gasteiger partial charge in [0.1, 0.15) is 11.5 Å². The quantitative estimate of drug-likeness (QED) is 0.345. The van der Waals surface area contributed by atoms with Gasteiger partial charge in [0.05, 0.1) is 25.2 Å². The highest BCUT2D eigenvalue weighted by Crippen LogP contribution is 2.34. The van der Waals surface area contributed by atoms with Crippen molar-refractivity contribution in [3.63, 3.8) is 0 Å². The van der Waals surface area contributed by atoms with Crippen LogP contribution in [-0.4, -0.2) is 35.6 Å². The van der Waals surface area contributed by atoms with E-state index in [1.165, 1.54) is 34.2 Å². The van der Waals surface area contributed by atoms with Crippen LogP contribution in [0.3, 0.4) is 0 Å². The highest BCUT2D eigenvalue weighted by atomic mass is 32.2. The Morgan fingerprint density at radius 1 is 1.03 bits per heavy atom. The zero-order chi connectivity index (χ0) is 23.1. The van der Waals surface area contributed by atoms with Crippen LogP contribution in [0.5, 0.6) is 11.5 Å². The molecule has 1 aromatic heterocycles. The lowest BCUT2D eigenvalue weighted by Crippen LogP contribution is -2.22. The smallest absolute Gasteiger partial charge is 0.237 e. The van der Waals surface area contributed by atoms with Crippen LogP contribution in [0.2, 0.25) is 0 Å². The van der Waals surface area contributed by atoms with E-state index >= 15 is 0 Å². The number of thioether (sulfide) groups is 2. The number of ether oxygens (including phenoxy) is 2. The largest absolute Gasteiger partial charge is 0.497 e. The molecule has 0 radical (unpaired) electrons. The average Bonchev–Trinajstić information content (AvgIpc) is 3.25. The van der Waals surface area contributed by atoms with E-state index in [9.17, 15) is 4.79 Å². The molecule has 2 aromatic carbocycles. The zero-order valence-corrected chi connectivity index (χ0v) is 21.2. The lowest BCUT2D eigenvalue weighted by molar-refractivity contribution is -0.115. The summed E-state index contributed by atoms with van der Waals surface area (Å²) in [6, 6.07) is 14.0. The van der Waals surface area contributed by atoms with Gasteiger partial charge in [-0.1, -0.05) is 73.0 Å². The molecule has 170 valence electrons. The van der Waals surface area contributed by atoms with Crippen LogP contribution >= 0.6 is 34.9 Å². The first-order valence-corrected chi connectivity index (χ1v) is 12.8. The topological polar surface area (TPSA) is 73.3 Å². The van der Waals surface area contributed by atoms with Crippen molar-refractivity contribution in [2.75, 3.05) is 19.5 Å². The summed E-state index contributed by atoms with van der Waals surface area (Å²) in [4.78, 5) is 12.7. The fourth-order valence-electron chi connectivity index (χ4n) is 2.80. The van der Waals surface area contributed by atoms with Crippen LogP contribution < -0.4 is 14.8 Å². The molecule has 9 heteroatoms. The molecule has 1 unspecified atom stereocenters. The second-order valence-electron chi connectivity index (χ2n) is 7.33. The molecule has 0 fully saturated rings. The van der Waals surface area contributed by atoms with Crippen LogP contribution in [0.25, 0.3) is 0 Å². The lowest BCUT2D eigenvalue weighted by Gasteiger charge is -2.14. The van der Waals surface area contributed by atoms with Crippen LogP contribution in [0.15, 0.2) is 51.1 Å². The van der Waals surface area contributed by atoms with Crippen molar-refractivity contribution in [3.05, 3.63) is 53.6 Å². The molecule has 1 N–H and O–H groups in total. The Hall–Kier alpha value is -2.23. The van der Waals surface area contributed by atoms with Crippen LogP contribution in [-0.2, 0) is 10.5 Å². The Kier molecular flexibility index (Phi) is 8.84. The molecule has 3 rings (SSSR count). The third-order valence-electron chi connectivity index (χ3n) is 4.71. The molecule has 0 saturated heterocycles. The van der Waals surface area contributed by atoms with Gasteiger partial charge in [-0.25, -0.2) is 0 Å². The van der Waals surface area contributed by atoms with Crippen molar-refractivity contribution in [1.29, 1.82) is 0 Å². The van der Waals surface area contributed by atoms with Crippen molar-refractivity contribution >= 4 is 46.5 Å². The summed E-state index contributed by atoms with van der Waals surface area (Å²) in [5.74, 6) is 2.45. The molecule has 6 nitrogen and oxygen atoms in total. The second-order valence-corrected chi connectivity index (χ2v) is 11.1.